The third-order valence-electron chi connectivity index (χ3n) is 3.26. The lowest BCUT2D eigenvalue weighted by Gasteiger charge is -2.21. The zero-order valence-corrected chi connectivity index (χ0v) is 14.0. The molecule has 2 rings (SSSR count). The molecule has 24 heavy (non-hydrogen) atoms. The predicted molar refractivity (Wildman–Crippen MR) is 86.9 cm³/mol. The number of carbonyl (C=O) groups excluding carboxylic acids is 3. The van der Waals surface area contributed by atoms with Crippen molar-refractivity contribution in [2.24, 2.45) is 5.92 Å². The lowest BCUT2D eigenvalue weighted by atomic mass is 10.2. The molecule has 0 N–H and O–H groups in total. The van der Waals surface area contributed by atoms with Crippen LogP contribution >= 0.6 is 0 Å². The van der Waals surface area contributed by atoms with Gasteiger partial charge in [0.15, 0.2) is 0 Å². The zero-order chi connectivity index (χ0) is 17.9. The normalized spacial score (nSPS) is 10.7. The maximum Gasteiger partial charge on any atom is 0.423 e. The Morgan fingerprint density at radius 2 is 1.92 bits per heavy atom. The number of methoxy groups -OCH3 is 1. The van der Waals surface area contributed by atoms with E-state index in [1.54, 1.807) is 45.0 Å². The van der Waals surface area contributed by atoms with Crippen LogP contribution in [-0.4, -0.2) is 41.4 Å². The van der Waals surface area contributed by atoms with E-state index in [0.29, 0.717) is 11.0 Å². The second-order valence-corrected chi connectivity index (χ2v) is 5.23. The molecule has 0 fully saturated rings. The van der Waals surface area contributed by atoms with Crippen molar-refractivity contribution in [3.05, 3.63) is 24.3 Å². The molecule has 0 bridgehead atoms. The molecule has 0 spiro atoms. The van der Waals surface area contributed by atoms with Crippen molar-refractivity contribution in [3.8, 4) is 0 Å². The summed E-state index contributed by atoms with van der Waals surface area (Å²) >= 11 is 0. The fourth-order valence-electron chi connectivity index (χ4n) is 2.15. The van der Waals surface area contributed by atoms with E-state index < -0.39 is 24.0 Å². The predicted octanol–water partition coefficient (Wildman–Crippen LogP) is 2.80. The summed E-state index contributed by atoms with van der Waals surface area (Å²) in [4.78, 5) is 42.0. The van der Waals surface area contributed by atoms with Crippen molar-refractivity contribution in [3.63, 3.8) is 0 Å². The Hall–Kier alpha value is -2.90. The molecule has 0 saturated heterocycles. The van der Waals surface area contributed by atoms with E-state index in [4.69, 9.17) is 9.47 Å². The van der Waals surface area contributed by atoms with Crippen molar-refractivity contribution in [2.45, 2.75) is 20.8 Å². The molecule has 0 aliphatic carbocycles. The molecular weight excluding hydrogens is 314 g/mol. The number of rotatable bonds is 3. The van der Waals surface area contributed by atoms with Gasteiger partial charge in [-0.15, -0.1) is 0 Å². The summed E-state index contributed by atoms with van der Waals surface area (Å²) < 4.78 is 10.8. The van der Waals surface area contributed by atoms with E-state index in [-0.39, 0.29) is 12.6 Å². The van der Waals surface area contributed by atoms with E-state index in [1.165, 1.54) is 7.11 Å². The van der Waals surface area contributed by atoms with Gasteiger partial charge in [0.05, 0.1) is 24.8 Å². The number of benzene rings is 1. The minimum atomic E-state index is -0.892. The van der Waals surface area contributed by atoms with Gasteiger partial charge >= 0.3 is 12.2 Å². The van der Waals surface area contributed by atoms with Crippen molar-refractivity contribution in [1.82, 2.24) is 9.55 Å². The molecule has 1 aromatic heterocycles. The first-order valence-electron chi connectivity index (χ1n) is 7.48. The number of fused-ring (bicyclic) bond motifs is 1. The molecule has 128 valence electrons. The fourth-order valence-corrected chi connectivity index (χ4v) is 2.15. The number of anilines is 1. The highest BCUT2D eigenvalue weighted by Gasteiger charge is 2.33. The van der Waals surface area contributed by atoms with Crippen molar-refractivity contribution >= 4 is 35.1 Å². The second-order valence-electron chi connectivity index (χ2n) is 5.23. The number of imide groups is 1. The van der Waals surface area contributed by atoms with Gasteiger partial charge in [-0.25, -0.2) is 19.1 Å². The molecule has 2 aromatic rings. The smallest absolute Gasteiger partial charge is 0.423 e. The monoisotopic (exact) mass is 333 g/mol. The molecule has 0 atom stereocenters. The average molecular weight is 333 g/mol. The molecule has 0 saturated carbocycles. The van der Waals surface area contributed by atoms with E-state index >= 15 is 0 Å². The summed E-state index contributed by atoms with van der Waals surface area (Å²) in [6, 6.07) is 6.76. The van der Waals surface area contributed by atoms with Crippen molar-refractivity contribution in [2.75, 3.05) is 18.6 Å². The quantitative estimate of drug-likeness (QED) is 0.858. The topological polar surface area (TPSA) is 90.7 Å². The minimum absolute atomic E-state index is 0.0825. The summed E-state index contributed by atoms with van der Waals surface area (Å²) in [5.41, 5.74) is 0.869. The lowest BCUT2D eigenvalue weighted by Crippen LogP contribution is -2.42. The standard InChI is InChI=1S/C16H19N3O5/c1-5-24-16(22)19(13(20)10(2)3)14-17-11-8-6-7-9-12(11)18(14)15(21)23-4/h6-10H,5H2,1-4H3. The molecule has 0 aliphatic rings. The molecule has 0 unspecified atom stereocenters. The number of para-hydroxylation sites is 2. The van der Waals surface area contributed by atoms with E-state index in [9.17, 15) is 14.4 Å². The van der Waals surface area contributed by atoms with E-state index in [2.05, 4.69) is 4.98 Å². The summed E-state index contributed by atoms with van der Waals surface area (Å²) in [5, 5.41) is 0. The second kappa shape index (κ2) is 7.12. The van der Waals surface area contributed by atoms with Crippen LogP contribution in [0, 0.1) is 5.92 Å². The Labute approximate surface area is 139 Å². The number of ether oxygens (including phenoxy) is 2. The van der Waals surface area contributed by atoms with Gasteiger partial charge in [-0.2, -0.15) is 4.90 Å². The van der Waals surface area contributed by atoms with Crippen LogP contribution in [0.5, 0.6) is 0 Å². The number of amides is 2. The zero-order valence-electron chi connectivity index (χ0n) is 14.0. The van der Waals surface area contributed by atoms with Crippen LogP contribution in [-0.2, 0) is 14.3 Å². The van der Waals surface area contributed by atoms with Crippen LogP contribution in [0.3, 0.4) is 0 Å². The number of imidazole rings is 1. The van der Waals surface area contributed by atoms with Gasteiger partial charge < -0.3 is 9.47 Å². The van der Waals surface area contributed by atoms with Crippen LogP contribution in [0.4, 0.5) is 15.5 Å². The van der Waals surface area contributed by atoms with Gasteiger partial charge in [-0.1, -0.05) is 26.0 Å². The SMILES string of the molecule is CCOC(=O)N(C(=O)C(C)C)c1nc2ccccc2n1C(=O)OC. The molecule has 1 aromatic carbocycles. The van der Waals surface area contributed by atoms with Crippen LogP contribution in [0.25, 0.3) is 11.0 Å². The van der Waals surface area contributed by atoms with Gasteiger partial charge in [-0.3, -0.25) is 4.79 Å². The van der Waals surface area contributed by atoms with Gasteiger partial charge in [0.25, 0.3) is 0 Å². The van der Waals surface area contributed by atoms with E-state index in [0.717, 1.165) is 9.47 Å². The highest BCUT2D eigenvalue weighted by Crippen LogP contribution is 2.25. The Morgan fingerprint density at radius 3 is 2.50 bits per heavy atom. The number of aromatic nitrogens is 2. The summed E-state index contributed by atoms with van der Waals surface area (Å²) in [5.74, 6) is -1.19. The van der Waals surface area contributed by atoms with Gasteiger partial charge in [0.1, 0.15) is 0 Å². The van der Waals surface area contributed by atoms with Crippen LogP contribution in [0.1, 0.15) is 20.8 Å². The Bertz CT molecular complexity index is 781. The number of hydrogen-bond acceptors (Lipinski definition) is 6. The molecule has 0 radical (unpaired) electrons. The largest absolute Gasteiger partial charge is 0.452 e. The third kappa shape index (κ3) is 3.08. The average Bonchev–Trinajstić information content (AvgIpc) is 2.93. The highest BCUT2D eigenvalue weighted by molar-refractivity contribution is 6.13. The highest BCUT2D eigenvalue weighted by atomic mass is 16.6. The summed E-state index contributed by atoms with van der Waals surface area (Å²) in [6.07, 6.45) is -1.65. The van der Waals surface area contributed by atoms with Crippen LogP contribution < -0.4 is 4.90 Å². The van der Waals surface area contributed by atoms with Crippen molar-refractivity contribution < 1.29 is 23.9 Å². The molecule has 1 heterocycles. The first-order valence-corrected chi connectivity index (χ1v) is 7.48. The van der Waals surface area contributed by atoms with E-state index in [1.807, 2.05) is 0 Å². The van der Waals surface area contributed by atoms with Gasteiger partial charge in [-0.05, 0) is 19.1 Å². The molecule has 8 nitrogen and oxygen atoms in total. The fraction of sp³-hybridized carbons (Fsp3) is 0.375. The lowest BCUT2D eigenvalue weighted by molar-refractivity contribution is -0.121. The summed E-state index contributed by atoms with van der Waals surface area (Å²) in [7, 11) is 1.21. The number of carbonyl (C=O) groups is 3. The van der Waals surface area contributed by atoms with Gasteiger partial charge in [0, 0.05) is 5.92 Å². The van der Waals surface area contributed by atoms with Crippen LogP contribution in [0.15, 0.2) is 24.3 Å². The molecule has 0 aliphatic heterocycles. The maximum atomic E-state index is 12.5. The first-order chi connectivity index (χ1) is 11.4. The Morgan fingerprint density at radius 1 is 1.25 bits per heavy atom. The number of hydrogen-bond donors (Lipinski definition) is 0. The number of nitrogens with zero attached hydrogens (tertiary/aromatic N) is 3. The van der Waals surface area contributed by atoms with Crippen molar-refractivity contribution in [1.29, 1.82) is 0 Å². The molecular formula is C16H19N3O5. The Balaban J connectivity index is 2.71. The first kappa shape index (κ1) is 17.5. The summed E-state index contributed by atoms with van der Waals surface area (Å²) in [6.45, 7) is 4.98. The maximum absolute atomic E-state index is 12.5. The van der Waals surface area contributed by atoms with Gasteiger partial charge in [0.2, 0.25) is 11.9 Å². The molecule has 8 heteroatoms. The minimum Gasteiger partial charge on any atom is -0.452 e. The Kier molecular flexibility index (Phi) is 5.18. The molecule has 2 amide bonds. The van der Waals surface area contributed by atoms with Crippen LogP contribution in [0.2, 0.25) is 0 Å². The third-order valence-corrected chi connectivity index (χ3v) is 3.26.